The Morgan fingerprint density at radius 1 is 1.17 bits per heavy atom. The summed E-state index contributed by atoms with van der Waals surface area (Å²) in [6, 6.07) is 10.4. The average molecular weight is 335 g/mol. The SMILES string of the molecule is c1ccc2[nH]c(C3CCCN(c4ncnc5sccc45)C3)nc2c1. The van der Waals surface area contributed by atoms with Crippen molar-refractivity contribution in [2.75, 3.05) is 18.0 Å². The van der Waals surface area contributed by atoms with E-state index in [4.69, 9.17) is 4.98 Å². The number of para-hydroxylation sites is 2. The molecule has 0 bridgehead atoms. The molecular formula is C18H17N5S. The summed E-state index contributed by atoms with van der Waals surface area (Å²) < 4.78 is 0. The van der Waals surface area contributed by atoms with Gasteiger partial charge in [-0.3, -0.25) is 0 Å². The fourth-order valence-electron chi connectivity index (χ4n) is 3.59. The van der Waals surface area contributed by atoms with E-state index in [0.717, 1.165) is 58.8 Å². The molecule has 0 amide bonds. The second kappa shape index (κ2) is 5.56. The number of fused-ring (bicyclic) bond motifs is 2. The molecule has 1 N–H and O–H groups in total. The molecule has 1 atom stereocenters. The Bertz CT molecular complexity index is 972. The first-order valence-corrected chi connectivity index (χ1v) is 9.14. The molecule has 6 heteroatoms. The van der Waals surface area contributed by atoms with Crippen LogP contribution in [0, 0.1) is 0 Å². The summed E-state index contributed by atoms with van der Waals surface area (Å²) in [5, 5.41) is 3.25. The number of aromatic amines is 1. The largest absolute Gasteiger partial charge is 0.355 e. The normalized spacial score (nSPS) is 18.5. The first kappa shape index (κ1) is 13.9. The number of rotatable bonds is 2. The number of imidazole rings is 1. The molecule has 0 saturated carbocycles. The molecule has 5 nitrogen and oxygen atoms in total. The number of hydrogen-bond acceptors (Lipinski definition) is 5. The summed E-state index contributed by atoms with van der Waals surface area (Å²) in [4.78, 5) is 20.7. The highest BCUT2D eigenvalue weighted by Gasteiger charge is 2.25. The second-order valence-corrected chi connectivity index (χ2v) is 7.16. The average Bonchev–Trinajstić information content (AvgIpc) is 3.28. The minimum absolute atomic E-state index is 0.412. The molecule has 3 aromatic heterocycles. The number of piperidine rings is 1. The molecule has 1 fully saturated rings. The highest BCUT2D eigenvalue weighted by molar-refractivity contribution is 7.16. The van der Waals surface area contributed by atoms with Crippen molar-refractivity contribution in [1.29, 1.82) is 0 Å². The Morgan fingerprint density at radius 3 is 3.08 bits per heavy atom. The molecule has 24 heavy (non-hydrogen) atoms. The molecule has 4 heterocycles. The molecule has 1 saturated heterocycles. The number of hydrogen-bond donors (Lipinski definition) is 1. The standard InChI is InChI=1S/C18H17N5S/c1-2-6-15-14(5-1)21-16(22-15)12-4-3-8-23(10-12)17-13-7-9-24-18(13)20-11-19-17/h1-2,5-7,9,11-12H,3-4,8,10H2,(H,21,22). The van der Waals surface area contributed by atoms with Crippen LogP contribution in [0.25, 0.3) is 21.3 Å². The molecule has 1 aromatic carbocycles. The number of benzene rings is 1. The van der Waals surface area contributed by atoms with E-state index in [1.807, 2.05) is 12.1 Å². The first-order chi connectivity index (χ1) is 11.9. The van der Waals surface area contributed by atoms with E-state index in [9.17, 15) is 0 Å². The van der Waals surface area contributed by atoms with Crippen LogP contribution in [-0.4, -0.2) is 33.0 Å². The minimum atomic E-state index is 0.412. The van der Waals surface area contributed by atoms with Crippen LogP contribution < -0.4 is 4.90 Å². The van der Waals surface area contributed by atoms with Crippen molar-refractivity contribution in [3.63, 3.8) is 0 Å². The fraction of sp³-hybridized carbons (Fsp3) is 0.278. The number of anilines is 1. The van der Waals surface area contributed by atoms with Crippen LogP contribution >= 0.6 is 11.3 Å². The van der Waals surface area contributed by atoms with Crippen molar-refractivity contribution in [2.45, 2.75) is 18.8 Å². The van der Waals surface area contributed by atoms with E-state index < -0.39 is 0 Å². The summed E-state index contributed by atoms with van der Waals surface area (Å²) >= 11 is 1.67. The topological polar surface area (TPSA) is 57.7 Å². The highest BCUT2D eigenvalue weighted by atomic mass is 32.1. The molecule has 0 spiro atoms. The van der Waals surface area contributed by atoms with Crippen LogP contribution in [0.5, 0.6) is 0 Å². The van der Waals surface area contributed by atoms with E-state index in [1.165, 1.54) is 0 Å². The summed E-state index contributed by atoms with van der Waals surface area (Å²) in [5.41, 5.74) is 2.17. The number of nitrogens with one attached hydrogen (secondary N) is 1. The van der Waals surface area contributed by atoms with Gasteiger partial charge in [0.05, 0.1) is 16.4 Å². The van der Waals surface area contributed by atoms with E-state index in [1.54, 1.807) is 17.7 Å². The Labute approximate surface area is 143 Å². The van der Waals surface area contributed by atoms with E-state index in [-0.39, 0.29) is 0 Å². The Kier molecular flexibility index (Phi) is 3.23. The van der Waals surface area contributed by atoms with Crippen LogP contribution in [0.15, 0.2) is 42.0 Å². The van der Waals surface area contributed by atoms with Crippen LogP contribution in [0.3, 0.4) is 0 Å². The number of H-pyrrole nitrogens is 1. The van der Waals surface area contributed by atoms with Gasteiger partial charge in [0.2, 0.25) is 0 Å². The van der Waals surface area contributed by atoms with Gasteiger partial charge in [0.1, 0.15) is 22.8 Å². The van der Waals surface area contributed by atoms with Gasteiger partial charge in [-0.05, 0) is 36.4 Å². The van der Waals surface area contributed by atoms with Gasteiger partial charge in [-0.25, -0.2) is 15.0 Å². The molecule has 120 valence electrons. The van der Waals surface area contributed by atoms with Crippen molar-refractivity contribution in [2.24, 2.45) is 0 Å². The molecule has 1 aliphatic rings. The predicted molar refractivity (Wildman–Crippen MR) is 97.7 cm³/mol. The van der Waals surface area contributed by atoms with Gasteiger partial charge in [-0.2, -0.15) is 0 Å². The van der Waals surface area contributed by atoms with Crippen LogP contribution in [0.1, 0.15) is 24.6 Å². The maximum Gasteiger partial charge on any atom is 0.140 e. The zero-order chi connectivity index (χ0) is 15.9. The highest BCUT2D eigenvalue weighted by Crippen LogP contribution is 2.33. The maximum atomic E-state index is 4.80. The third-order valence-corrected chi connectivity index (χ3v) is 5.58. The molecule has 5 rings (SSSR count). The summed E-state index contributed by atoms with van der Waals surface area (Å²) in [5.74, 6) is 2.56. The van der Waals surface area contributed by atoms with Gasteiger partial charge >= 0.3 is 0 Å². The van der Waals surface area contributed by atoms with Crippen molar-refractivity contribution in [3.05, 3.63) is 47.9 Å². The van der Waals surface area contributed by atoms with E-state index in [2.05, 4.69) is 43.4 Å². The summed E-state index contributed by atoms with van der Waals surface area (Å²) in [7, 11) is 0. The van der Waals surface area contributed by atoms with Gasteiger partial charge in [-0.15, -0.1) is 11.3 Å². The Hall–Kier alpha value is -2.47. The van der Waals surface area contributed by atoms with Gasteiger partial charge in [0.15, 0.2) is 0 Å². The zero-order valence-electron chi connectivity index (χ0n) is 13.1. The summed E-state index contributed by atoms with van der Waals surface area (Å²) in [6.45, 7) is 1.99. The summed E-state index contributed by atoms with van der Waals surface area (Å²) in [6.07, 6.45) is 3.99. The van der Waals surface area contributed by atoms with Crippen molar-refractivity contribution in [3.8, 4) is 0 Å². The second-order valence-electron chi connectivity index (χ2n) is 6.26. The molecule has 1 unspecified atom stereocenters. The van der Waals surface area contributed by atoms with Crippen LogP contribution in [0.2, 0.25) is 0 Å². The van der Waals surface area contributed by atoms with Crippen molar-refractivity contribution < 1.29 is 0 Å². The lowest BCUT2D eigenvalue weighted by atomic mass is 9.97. The van der Waals surface area contributed by atoms with Gasteiger partial charge in [0.25, 0.3) is 0 Å². The lowest BCUT2D eigenvalue weighted by Gasteiger charge is -2.33. The molecule has 0 aliphatic carbocycles. The van der Waals surface area contributed by atoms with Crippen molar-refractivity contribution >= 4 is 38.4 Å². The predicted octanol–water partition coefficient (Wildman–Crippen LogP) is 3.95. The Morgan fingerprint density at radius 2 is 2.12 bits per heavy atom. The lowest BCUT2D eigenvalue weighted by Crippen LogP contribution is -2.35. The lowest BCUT2D eigenvalue weighted by molar-refractivity contribution is 0.493. The first-order valence-electron chi connectivity index (χ1n) is 8.26. The molecular weight excluding hydrogens is 318 g/mol. The zero-order valence-corrected chi connectivity index (χ0v) is 14.0. The minimum Gasteiger partial charge on any atom is -0.355 e. The van der Waals surface area contributed by atoms with E-state index >= 15 is 0 Å². The number of aromatic nitrogens is 4. The monoisotopic (exact) mass is 335 g/mol. The molecule has 0 radical (unpaired) electrons. The van der Waals surface area contributed by atoms with E-state index in [0.29, 0.717) is 5.92 Å². The van der Waals surface area contributed by atoms with Crippen LogP contribution in [-0.2, 0) is 0 Å². The third kappa shape index (κ3) is 2.26. The fourth-order valence-corrected chi connectivity index (χ4v) is 4.31. The van der Waals surface area contributed by atoms with Gasteiger partial charge in [-0.1, -0.05) is 12.1 Å². The quantitative estimate of drug-likeness (QED) is 0.602. The smallest absolute Gasteiger partial charge is 0.140 e. The Balaban J connectivity index is 1.48. The van der Waals surface area contributed by atoms with Gasteiger partial charge in [0, 0.05) is 19.0 Å². The van der Waals surface area contributed by atoms with Crippen LogP contribution in [0.4, 0.5) is 5.82 Å². The maximum absolute atomic E-state index is 4.80. The number of nitrogens with zero attached hydrogens (tertiary/aromatic N) is 4. The van der Waals surface area contributed by atoms with Gasteiger partial charge < -0.3 is 9.88 Å². The molecule has 1 aliphatic heterocycles. The van der Waals surface area contributed by atoms with Crippen molar-refractivity contribution in [1.82, 2.24) is 19.9 Å². The third-order valence-electron chi connectivity index (χ3n) is 4.76. The molecule has 4 aromatic rings. The number of thiophene rings is 1.